The molecule has 6 nitrogen and oxygen atoms in total. The molecule has 0 unspecified atom stereocenters. The van der Waals surface area contributed by atoms with Crippen molar-refractivity contribution in [3.63, 3.8) is 0 Å². The van der Waals surface area contributed by atoms with Crippen molar-refractivity contribution >= 4 is 22.9 Å². The number of imidazole rings is 1. The number of halogens is 5. The van der Waals surface area contributed by atoms with Crippen LogP contribution in [0.2, 0.25) is 0 Å². The number of nitrogens with one attached hydrogen (secondary N) is 2. The van der Waals surface area contributed by atoms with E-state index in [2.05, 4.69) is 10.3 Å². The summed E-state index contributed by atoms with van der Waals surface area (Å²) in [6, 6.07) is 5.84. The lowest BCUT2D eigenvalue weighted by molar-refractivity contribution is -0.138. The fraction of sp³-hybridized carbons (Fsp3) is 0.286. The molecule has 32 heavy (non-hydrogen) atoms. The van der Waals surface area contributed by atoms with Crippen molar-refractivity contribution in [2.24, 2.45) is 0 Å². The molecule has 0 spiro atoms. The minimum atomic E-state index is -5.04. The second-order valence-electron chi connectivity index (χ2n) is 7.86. The van der Waals surface area contributed by atoms with Gasteiger partial charge in [-0.25, -0.2) is 13.8 Å². The molecule has 0 saturated carbocycles. The molecule has 1 aromatic heterocycles. The van der Waals surface area contributed by atoms with Gasteiger partial charge in [0.1, 0.15) is 17.2 Å². The summed E-state index contributed by atoms with van der Waals surface area (Å²) in [5, 5.41) is 10.7. The molecule has 2 N–H and O–H groups in total. The summed E-state index contributed by atoms with van der Waals surface area (Å²) in [5.74, 6) is -3.04. The van der Waals surface area contributed by atoms with Crippen LogP contribution in [0.4, 0.5) is 22.0 Å². The number of aryl methyl sites for hydroxylation is 1. The van der Waals surface area contributed by atoms with E-state index in [1.807, 2.05) is 0 Å². The maximum atomic E-state index is 15.8. The molecule has 3 aromatic rings. The zero-order chi connectivity index (χ0) is 23.6. The maximum absolute atomic E-state index is 15.8. The lowest BCUT2D eigenvalue weighted by Crippen LogP contribution is -2.58. The highest BCUT2D eigenvalue weighted by Crippen LogP contribution is 2.39. The molecular weight excluding hydrogens is 433 g/mol. The average Bonchev–Trinajstić information content (AvgIpc) is 3.00. The van der Waals surface area contributed by atoms with Crippen molar-refractivity contribution in [1.29, 1.82) is 5.41 Å². The van der Waals surface area contributed by atoms with Crippen molar-refractivity contribution < 1.29 is 26.7 Å². The lowest BCUT2D eigenvalue weighted by Gasteiger charge is -2.39. The molecule has 1 amide bonds. The summed E-state index contributed by atoms with van der Waals surface area (Å²) >= 11 is 0. The van der Waals surface area contributed by atoms with Crippen molar-refractivity contribution in [1.82, 2.24) is 19.8 Å². The topological polar surface area (TPSA) is 74.0 Å². The van der Waals surface area contributed by atoms with Crippen LogP contribution in [0.5, 0.6) is 0 Å². The predicted octanol–water partition coefficient (Wildman–Crippen LogP) is 4.23. The van der Waals surface area contributed by atoms with E-state index in [9.17, 15) is 22.4 Å². The molecule has 11 heteroatoms. The Morgan fingerprint density at radius 1 is 1.19 bits per heavy atom. The van der Waals surface area contributed by atoms with Crippen LogP contribution in [0.1, 0.15) is 30.3 Å². The largest absolute Gasteiger partial charge is 0.421 e. The molecule has 168 valence electrons. The first-order valence-electron chi connectivity index (χ1n) is 9.52. The van der Waals surface area contributed by atoms with E-state index in [1.54, 1.807) is 0 Å². The number of benzene rings is 2. The molecule has 1 aliphatic rings. The Balaban J connectivity index is 1.98. The number of fused-ring (bicyclic) bond motifs is 1. The van der Waals surface area contributed by atoms with Crippen molar-refractivity contribution in [3.05, 3.63) is 58.9 Å². The van der Waals surface area contributed by atoms with E-state index >= 15 is 4.39 Å². The Bertz CT molecular complexity index is 1260. The normalized spacial score (nSPS) is 19.6. The van der Waals surface area contributed by atoms with E-state index in [1.165, 1.54) is 39.1 Å². The molecule has 1 aliphatic heterocycles. The lowest BCUT2D eigenvalue weighted by atomic mass is 9.86. The maximum Gasteiger partial charge on any atom is 0.421 e. The SMILES string of the molecule is Cc1nc2ccc(F)c(C(F)(F)F)c2n1-c1cccc([C@]2(C)CC(=O)N(C)C(=N)N2)c1F. The molecule has 1 fully saturated rings. The summed E-state index contributed by atoms with van der Waals surface area (Å²) in [5.41, 5.74) is -3.89. The first-order valence-corrected chi connectivity index (χ1v) is 9.52. The van der Waals surface area contributed by atoms with Crippen LogP contribution >= 0.6 is 0 Å². The number of carbonyl (C=O) groups excluding carboxylic acids is 1. The van der Waals surface area contributed by atoms with E-state index in [4.69, 9.17) is 5.41 Å². The first kappa shape index (κ1) is 21.7. The van der Waals surface area contributed by atoms with Crippen LogP contribution in [0.15, 0.2) is 30.3 Å². The summed E-state index contributed by atoms with van der Waals surface area (Å²) in [7, 11) is 1.40. The number of nitrogens with zero attached hydrogens (tertiary/aromatic N) is 3. The van der Waals surface area contributed by atoms with Gasteiger partial charge in [-0.15, -0.1) is 0 Å². The molecule has 2 aromatic carbocycles. The number of hydrogen-bond donors (Lipinski definition) is 2. The third-order valence-corrected chi connectivity index (χ3v) is 5.64. The van der Waals surface area contributed by atoms with Crippen LogP contribution < -0.4 is 5.32 Å². The van der Waals surface area contributed by atoms with Gasteiger partial charge in [-0.2, -0.15) is 13.2 Å². The quantitative estimate of drug-likeness (QED) is 0.573. The monoisotopic (exact) mass is 451 g/mol. The van der Waals surface area contributed by atoms with Crippen molar-refractivity contribution in [3.8, 4) is 5.69 Å². The van der Waals surface area contributed by atoms with E-state index < -0.39 is 40.3 Å². The van der Waals surface area contributed by atoms with Crippen LogP contribution in [0.25, 0.3) is 16.7 Å². The molecule has 0 radical (unpaired) electrons. The van der Waals surface area contributed by atoms with Gasteiger partial charge in [0.25, 0.3) is 0 Å². The predicted molar refractivity (Wildman–Crippen MR) is 106 cm³/mol. The minimum Gasteiger partial charge on any atom is -0.346 e. The molecule has 4 rings (SSSR count). The summed E-state index contributed by atoms with van der Waals surface area (Å²) in [6.45, 7) is 2.91. The second-order valence-corrected chi connectivity index (χ2v) is 7.86. The zero-order valence-electron chi connectivity index (χ0n) is 17.2. The standard InChI is InChI=1S/C21H18F5N5O/c1-10-28-13-8-7-12(22)16(21(24,25)26)18(13)31(10)14-6-4-5-11(17(14)23)20(2)9-15(32)30(3)19(27)29-20/h4-8H,9H2,1-3H3,(H2,27,29)/t20-/m0/s1. The molecule has 0 bridgehead atoms. The van der Waals surface area contributed by atoms with Gasteiger partial charge in [-0.3, -0.25) is 19.7 Å². The fourth-order valence-electron chi connectivity index (χ4n) is 4.04. The van der Waals surface area contributed by atoms with Crippen LogP contribution in [-0.4, -0.2) is 33.4 Å². The van der Waals surface area contributed by atoms with Crippen molar-refractivity contribution in [2.45, 2.75) is 32.0 Å². The number of aromatic nitrogens is 2. The van der Waals surface area contributed by atoms with Gasteiger partial charge in [0, 0.05) is 12.6 Å². The Kier molecular flexibility index (Phi) is 4.76. The molecular formula is C21H18F5N5O. The molecule has 2 heterocycles. The smallest absolute Gasteiger partial charge is 0.346 e. The minimum absolute atomic E-state index is 0.0209. The van der Waals surface area contributed by atoms with Crippen molar-refractivity contribution in [2.75, 3.05) is 7.05 Å². The third kappa shape index (κ3) is 3.19. The number of hydrogen-bond acceptors (Lipinski definition) is 3. The zero-order valence-corrected chi connectivity index (χ0v) is 17.2. The number of rotatable bonds is 2. The van der Waals surface area contributed by atoms with Gasteiger partial charge in [-0.05, 0) is 32.0 Å². The molecule has 0 aliphatic carbocycles. The van der Waals surface area contributed by atoms with Gasteiger partial charge in [0.05, 0.1) is 28.7 Å². The Hall–Kier alpha value is -3.50. The number of alkyl halides is 3. The van der Waals surface area contributed by atoms with Crippen LogP contribution in [-0.2, 0) is 16.5 Å². The average molecular weight is 451 g/mol. The summed E-state index contributed by atoms with van der Waals surface area (Å²) in [4.78, 5) is 17.4. The van der Waals surface area contributed by atoms with E-state index in [-0.39, 0.29) is 35.0 Å². The Labute approximate surface area is 179 Å². The van der Waals surface area contributed by atoms with Gasteiger partial charge in [0.2, 0.25) is 5.91 Å². The van der Waals surface area contributed by atoms with E-state index in [0.29, 0.717) is 6.07 Å². The Morgan fingerprint density at radius 2 is 1.88 bits per heavy atom. The van der Waals surface area contributed by atoms with Crippen LogP contribution in [0, 0.1) is 24.0 Å². The molecule has 1 saturated heterocycles. The number of guanidine groups is 1. The third-order valence-electron chi connectivity index (χ3n) is 5.64. The van der Waals surface area contributed by atoms with Gasteiger partial charge in [-0.1, -0.05) is 12.1 Å². The fourth-order valence-corrected chi connectivity index (χ4v) is 4.04. The number of carbonyl (C=O) groups is 1. The van der Waals surface area contributed by atoms with E-state index in [0.717, 1.165) is 15.5 Å². The summed E-state index contributed by atoms with van der Waals surface area (Å²) < 4.78 is 72.0. The Morgan fingerprint density at radius 3 is 2.50 bits per heavy atom. The summed E-state index contributed by atoms with van der Waals surface area (Å²) in [6.07, 6.45) is -5.22. The first-order chi connectivity index (χ1) is 14.8. The number of amides is 1. The molecule has 1 atom stereocenters. The highest BCUT2D eigenvalue weighted by atomic mass is 19.4. The van der Waals surface area contributed by atoms with Crippen LogP contribution in [0.3, 0.4) is 0 Å². The van der Waals surface area contributed by atoms with Gasteiger partial charge >= 0.3 is 6.18 Å². The highest BCUT2D eigenvalue weighted by Gasteiger charge is 2.41. The second kappa shape index (κ2) is 7.01. The highest BCUT2D eigenvalue weighted by molar-refractivity contribution is 5.99. The van der Waals surface area contributed by atoms with Gasteiger partial charge < -0.3 is 5.32 Å². The van der Waals surface area contributed by atoms with Gasteiger partial charge in [0.15, 0.2) is 11.8 Å².